The lowest BCUT2D eigenvalue weighted by molar-refractivity contribution is 0.101. The van der Waals surface area contributed by atoms with Crippen LogP contribution in [-0.2, 0) is 0 Å². The third-order valence-electron chi connectivity index (χ3n) is 2.38. The minimum atomic E-state index is -0.549. The predicted molar refractivity (Wildman–Crippen MR) is 73.9 cm³/mol. The quantitative estimate of drug-likeness (QED) is 0.877. The number of halogens is 1. The van der Waals surface area contributed by atoms with E-state index in [1.54, 1.807) is 18.2 Å². The molecule has 3 N–H and O–H groups in total. The molecule has 106 valence electrons. The molecule has 7 nitrogen and oxygen atoms in total. The van der Waals surface area contributed by atoms with Crippen molar-refractivity contribution in [3.8, 4) is 5.75 Å². The van der Waals surface area contributed by atoms with Crippen LogP contribution < -0.4 is 15.8 Å². The summed E-state index contributed by atoms with van der Waals surface area (Å²) in [6, 6.07) is 4.93. The van der Waals surface area contributed by atoms with Crippen molar-refractivity contribution in [1.29, 1.82) is 0 Å². The molecule has 0 spiro atoms. The summed E-state index contributed by atoms with van der Waals surface area (Å²) in [5.41, 5.74) is 5.80. The Kier molecular flexibility index (Phi) is 4.41. The Morgan fingerprint density at radius 1 is 1.50 bits per heavy atom. The number of aromatic nitrogens is 2. The molecule has 1 aromatic carbocycles. The lowest BCUT2D eigenvalue weighted by Gasteiger charge is -2.11. The van der Waals surface area contributed by atoms with Gasteiger partial charge in [0.2, 0.25) is 11.5 Å². The number of hydrogen-bond donors (Lipinski definition) is 2. The van der Waals surface area contributed by atoms with Crippen molar-refractivity contribution >= 4 is 29.0 Å². The number of nitrogens with two attached hydrogens (primary N) is 1. The van der Waals surface area contributed by atoms with Gasteiger partial charge in [0, 0.05) is 5.02 Å². The van der Waals surface area contributed by atoms with Crippen LogP contribution in [0.5, 0.6) is 5.75 Å². The van der Waals surface area contributed by atoms with Crippen molar-refractivity contribution in [2.24, 2.45) is 0 Å². The Bertz CT molecular complexity index is 614. The zero-order chi connectivity index (χ0) is 14.5. The summed E-state index contributed by atoms with van der Waals surface area (Å²) >= 11 is 5.91. The highest BCUT2D eigenvalue weighted by Crippen LogP contribution is 2.28. The van der Waals surface area contributed by atoms with Crippen LogP contribution in [0.15, 0.2) is 22.8 Å². The second-order valence-corrected chi connectivity index (χ2v) is 4.38. The number of anilines is 2. The summed E-state index contributed by atoms with van der Waals surface area (Å²) in [5, 5.41) is 9.85. The third-order valence-corrected chi connectivity index (χ3v) is 2.62. The van der Waals surface area contributed by atoms with E-state index in [-0.39, 0.29) is 11.5 Å². The molecule has 0 aliphatic rings. The van der Waals surface area contributed by atoms with Gasteiger partial charge in [0.25, 0.3) is 5.91 Å². The van der Waals surface area contributed by atoms with Gasteiger partial charge >= 0.3 is 0 Å². The lowest BCUT2D eigenvalue weighted by Crippen LogP contribution is -2.15. The third kappa shape index (κ3) is 3.18. The monoisotopic (exact) mass is 296 g/mol. The van der Waals surface area contributed by atoms with Gasteiger partial charge in [0.1, 0.15) is 5.75 Å². The molecule has 1 amide bonds. The first-order chi connectivity index (χ1) is 9.61. The minimum absolute atomic E-state index is 0.0828. The van der Waals surface area contributed by atoms with Gasteiger partial charge in [-0.05, 0) is 34.9 Å². The largest absolute Gasteiger partial charge is 0.491 e. The Balaban J connectivity index is 2.21. The summed E-state index contributed by atoms with van der Waals surface area (Å²) in [5.74, 6) is -0.118. The fourth-order valence-corrected chi connectivity index (χ4v) is 1.64. The first-order valence-corrected chi connectivity index (χ1v) is 6.31. The van der Waals surface area contributed by atoms with Crippen LogP contribution in [0, 0.1) is 0 Å². The van der Waals surface area contributed by atoms with Crippen molar-refractivity contribution in [2.75, 3.05) is 17.7 Å². The van der Waals surface area contributed by atoms with Crippen LogP contribution in [0.25, 0.3) is 0 Å². The molecule has 0 aliphatic carbocycles. The number of nitrogen functional groups attached to an aromatic ring is 1. The number of benzene rings is 1. The van der Waals surface area contributed by atoms with Crippen molar-refractivity contribution in [3.05, 3.63) is 28.9 Å². The van der Waals surface area contributed by atoms with E-state index in [1.807, 2.05) is 6.92 Å². The van der Waals surface area contributed by atoms with E-state index in [2.05, 4.69) is 20.3 Å². The molecule has 0 saturated carbocycles. The van der Waals surface area contributed by atoms with Crippen molar-refractivity contribution in [2.45, 2.75) is 13.3 Å². The SMILES string of the molecule is CCCOc1ccc(Cl)cc1NC(=O)c1nonc1N. The Morgan fingerprint density at radius 3 is 2.95 bits per heavy atom. The fourth-order valence-electron chi connectivity index (χ4n) is 1.47. The van der Waals surface area contributed by atoms with Gasteiger partial charge in [-0.25, -0.2) is 4.63 Å². The molecule has 0 bridgehead atoms. The first-order valence-electron chi connectivity index (χ1n) is 5.93. The highest BCUT2D eigenvalue weighted by atomic mass is 35.5. The number of ether oxygens (including phenoxy) is 1. The summed E-state index contributed by atoms with van der Waals surface area (Å²) < 4.78 is 9.91. The van der Waals surface area contributed by atoms with Crippen molar-refractivity contribution in [1.82, 2.24) is 10.3 Å². The van der Waals surface area contributed by atoms with E-state index in [9.17, 15) is 4.79 Å². The number of nitrogens with one attached hydrogen (secondary N) is 1. The van der Waals surface area contributed by atoms with Gasteiger partial charge in [0.15, 0.2) is 0 Å². The van der Waals surface area contributed by atoms with Crippen molar-refractivity contribution < 1.29 is 14.2 Å². The fraction of sp³-hybridized carbons (Fsp3) is 0.250. The molecule has 2 aromatic rings. The Labute approximate surface area is 120 Å². The van der Waals surface area contributed by atoms with E-state index in [4.69, 9.17) is 22.1 Å². The Hall–Kier alpha value is -2.28. The van der Waals surface area contributed by atoms with E-state index in [0.29, 0.717) is 23.1 Å². The normalized spacial score (nSPS) is 10.3. The van der Waals surface area contributed by atoms with Crippen LogP contribution in [0.4, 0.5) is 11.5 Å². The average Bonchev–Trinajstić information content (AvgIpc) is 2.84. The minimum Gasteiger partial charge on any atom is -0.491 e. The van der Waals surface area contributed by atoms with E-state index in [0.717, 1.165) is 6.42 Å². The van der Waals surface area contributed by atoms with Gasteiger partial charge in [-0.1, -0.05) is 18.5 Å². The summed E-state index contributed by atoms with van der Waals surface area (Å²) in [4.78, 5) is 12.0. The molecule has 0 fully saturated rings. The lowest BCUT2D eigenvalue weighted by atomic mass is 10.2. The number of amides is 1. The second-order valence-electron chi connectivity index (χ2n) is 3.94. The maximum Gasteiger partial charge on any atom is 0.281 e. The van der Waals surface area contributed by atoms with Crippen LogP contribution in [-0.4, -0.2) is 22.8 Å². The summed E-state index contributed by atoms with van der Waals surface area (Å²) in [6.45, 7) is 2.51. The van der Waals surface area contributed by atoms with Gasteiger partial charge in [0.05, 0.1) is 12.3 Å². The molecule has 0 saturated heterocycles. The van der Waals surface area contributed by atoms with Gasteiger partial charge in [-0.15, -0.1) is 0 Å². The standard InChI is InChI=1S/C12H13ClN4O3/c1-2-5-19-9-4-3-7(13)6-8(9)15-12(18)10-11(14)17-20-16-10/h3-4,6H,2,5H2,1H3,(H2,14,17)(H,15,18). The van der Waals surface area contributed by atoms with Crippen LogP contribution in [0.1, 0.15) is 23.8 Å². The molecule has 0 aliphatic heterocycles. The predicted octanol–water partition coefficient (Wildman–Crippen LogP) is 2.35. The Morgan fingerprint density at radius 2 is 2.30 bits per heavy atom. The molecule has 8 heteroatoms. The highest BCUT2D eigenvalue weighted by Gasteiger charge is 2.18. The molecule has 0 atom stereocenters. The molecule has 1 aromatic heterocycles. The molecule has 0 unspecified atom stereocenters. The zero-order valence-corrected chi connectivity index (χ0v) is 11.5. The molecule has 20 heavy (non-hydrogen) atoms. The summed E-state index contributed by atoms with van der Waals surface area (Å²) in [7, 11) is 0. The number of carbonyl (C=O) groups excluding carboxylic acids is 1. The van der Waals surface area contributed by atoms with Gasteiger partial charge in [-0.2, -0.15) is 0 Å². The second kappa shape index (κ2) is 6.25. The topological polar surface area (TPSA) is 103 Å². The smallest absolute Gasteiger partial charge is 0.281 e. The summed E-state index contributed by atoms with van der Waals surface area (Å²) in [6.07, 6.45) is 0.843. The molecule has 0 radical (unpaired) electrons. The zero-order valence-electron chi connectivity index (χ0n) is 10.7. The molecule has 2 rings (SSSR count). The first kappa shape index (κ1) is 14.1. The van der Waals surface area contributed by atoms with Crippen LogP contribution >= 0.6 is 11.6 Å². The molecule has 1 heterocycles. The van der Waals surface area contributed by atoms with Gasteiger partial charge < -0.3 is 15.8 Å². The van der Waals surface area contributed by atoms with E-state index < -0.39 is 5.91 Å². The number of rotatable bonds is 5. The van der Waals surface area contributed by atoms with E-state index >= 15 is 0 Å². The van der Waals surface area contributed by atoms with Crippen LogP contribution in [0.3, 0.4) is 0 Å². The molecular weight excluding hydrogens is 284 g/mol. The molecular formula is C12H13ClN4O3. The maximum atomic E-state index is 12.0. The number of carbonyl (C=O) groups is 1. The highest BCUT2D eigenvalue weighted by molar-refractivity contribution is 6.31. The van der Waals surface area contributed by atoms with Gasteiger partial charge in [-0.3, -0.25) is 4.79 Å². The van der Waals surface area contributed by atoms with Crippen LogP contribution in [0.2, 0.25) is 5.02 Å². The van der Waals surface area contributed by atoms with E-state index in [1.165, 1.54) is 0 Å². The average molecular weight is 297 g/mol. The number of nitrogens with zero attached hydrogens (tertiary/aromatic N) is 2. The maximum absolute atomic E-state index is 12.0. The van der Waals surface area contributed by atoms with Crippen molar-refractivity contribution in [3.63, 3.8) is 0 Å². The number of hydrogen-bond acceptors (Lipinski definition) is 6.